The van der Waals surface area contributed by atoms with Crippen molar-refractivity contribution in [2.45, 2.75) is 20.3 Å². The van der Waals surface area contributed by atoms with Gasteiger partial charge in [-0.3, -0.25) is 4.79 Å². The first-order valence-electron chi connectivity index (χ1n) is 11.4. The highest BCUT2D eigenvalue weighted by Gasteiger charge is 2.20. The summed E-state index contributed by atoms with van der Waals surface area (Å²) in [4.78, 5) is 26.0. The lowest BCUT2D eigenvalue weighted by Crippen LogP contribution is -2.44. The molecule has 9 heteroatoms. The van der Waals surface area contributed by atoms with E-state index in [1.54, 1.807) is 24.3 Å². The molecule has 1 fully saturated rings. The van der Waals surface area contributed by atoms with Gasteiger partial charge in [-0.1, -0.05) is 19.1 Å². The maximum atomic E-state index is 12.2. The summed E-state index contributed by atoms with van der Waals surface area (Å²) in [5.74, 6) is 0.421. The second kappa shape index (κ2) is 9.96. The van der Waals surface area contributed by atoms with E-state index in [2.05, 4.69) is 51.2 Å². The molecule has 0 unspecified atom stereocenters. The quantitative estimate of drug-likeness (QED) is 0.458. The van der Waals surface area contributed by atoms with E-state index >= 15 is 0 Å². The average Bonchev–Trinajstić information content (AvgIpc) is 2.81. The van der Waals surface area contributed by atoms with E-state index in [-0.39, 0.29) is 11.5 Å². The number of ether oxygens (including phenoxy) is 1. The topological polar surface area (TPSA) is 123 Å². The van der Waals surface area contributed by atoms with E-state index in [1.807, 2.05) is 13.0 Å². The van der Waals surface area contributed by atoms with E-state index in [4.69, 9.17) is 16.2 Å². The number of anilines is 4. The number of nitrogen functional groups attached to an aromatic ring is 1. The molecule has 1 aromatic heterocycles. The maximum Gasteiger partial charge on any atom is 0.271 e. The van der Waals surface area contributed by atoms with Gasteiger partial charge in [0.2, 0.25) is 5.88 Å². The lowest BCUT2D eigenvalue weighted by atomic mass is 10.1. The third-order valence-electron chi connectivity index (χ3n) is 5.89. The molecule has 1 aliphatic rings. The fraction of sp³-hybridized carbons (Fsp3) is 0.320. The Balaban J connectivity index is 1.68. The molecule has 178 valence electrons. The summed E-state index contributed by atoms with van der Waals surface area (Å²) < 4.78 is 5.98. The van der Waals surface area contributed by atoms with Crippen molar-refractivity contribution in [3.05, 3.63) is 59.4 Å². The second-order valence-corrected chi connectivity index (χ2v) is 8.48. The predicted molar refractivity (Wildman–Crippen MR) is 135 cm³/mol. The molecule has 0 radical (unpaired) electrons. The number of aromatic nitrogens is 2. The Bertz CT molecular complexity index is 1190. The molecule has 3 aromatic rings. The molecule has 9 nitrogen and oxygen atoms in total. The second-order valence-electron chi connectivity index (χ2n) is 8.48. The van der Waals surface area contributed by atoms with Gasteiger partial charge in [-0.15, -0.1) is 0 Å². The Morgan fingerprint density at radius 1 is 1.12 bits per heavy atom. The fourth-order valence-corrected chi connectivity index (χ4v) is 3.93. The summed E-state index contributed by atoms with van der Waals surface area (Å²) in [6.45, 7) is 7.94. The van der Waals surface area contributed by atoms with Gasteiger partial charge in [0.15, 0.2) is 11.5 Å². The first-order valence-corrected chi connectivity index (χ1v) is 11.4. The molecule has 0 aliphatic carbocycles. The van der Waals surface area contributed by atoms with Crippen molar-refractivity contribution in [2.24, 2.45) is 5.73 Å². The first kappa shape index (κ1) is 23.3. The monoisotopic (exact) mass is 461 g/mol. The van der Waals surface area contributed by atoms with Crippen LogP contribution in [0.3, 0.4) is 0 Å². The highest BCUT2D eigenvalue weighted by molar-refractivity contribution is 5.96. The molecule has 1 amide bonds. The van der Waals surface area contributed by atoms with Crippen LogP contribution >= 0.6 is 0 Å². The third-order valence-corrected chi connectivity index (χ3v) is 5.89. The van der Waals surface area contributed by atoms with Crippen molar-refractivity contribution in [1.82, 2.24) is 14.9 Å². The fourth-order valence-electron chi connectivity index (χ4n) is 3.93. The molecular weight excluding hydrogens is 430 g/mol. The van der Waals surface area contributed by atoms with Crippen molar-refractivity contribution >= 4 is 28.8 Å². The minimum atomic E-state index is -0.661. The number of likely N-dealkylation sites (N-methyl/N-ethyl adjacent to an activating group) is 1. The molecule has 1 saturated heterocycles. The normalized spacial score (nSPS) is 14.1. The number of primary amides is 1. The minimum absolute atomic E-state index is 0.0681. The van der Waals surface area contributed by atoms with Crippen LogP contribution in [-0.2, 0) is 6.42 Å². The van der Waals surface area contributed by atoms with E-state index in [0.29, 0.717) is 29.4 Å². The van der Waals surface area contributed by atoms with Crippen LogP contribution in [0.4, 0.5) is 22.9 Å². The van der Waals surface area contributed by atoms with Gasteiger partial charge in [0.25, 0.3) is 5.91 Å². The summed E-state index contributed by atoms with van der Waals surface area (Å²) >= 11 is 0. The largest absolute Gasteiger partial charge is 0.437 e. The molecular formula is C25H31N7O2. The highest BCUT2D eigenvalue weighted by Crippen LogP contribution is 2.31. The third kappa shape index (κ3) is 5.20. The zero-order valence-corrected chi connectivity index (χ0v) is 19.8. The molecule has 4 rings (SSSR count). The lowest BCUT2D eigenvalue weighted by molar-refractivity contribution is 0.0996. The summed E-state index contributed by atoms with van der Waals surface area (Å²) in [5, 5.41) is 3.24. The van der Waals surface area contributed by atoms with Crippen molar-refractivity contribution in [3.8, 4) is 11.6 Å². The number of aryl methyl sites for hydroxylation is 2. The zero-order chi connectivity index (χ0) is 24.2. The molecule has 5 N–H and O–H groups in total. The Labute approximate surface area is 199 Å². The molecule has 1 aliphatic heterocycles. The minimum Gasteiger partial charge on any atom is -0.437 e. The highest BCUT2D eigenvalue weighted by atomic mass is 16.5. The van der Waals surface area contributed by atoms with Crippen LogP contribution in [0.2, 0.25) is 0 Å². The van der Waals surface area contributed by atoms with Crippen LogP contribution < -0.4 is 26.4 Å². The number of nitrogens with one attached hydrogen (secondary N) is 1. The van der Waals surface area contributed by atoms with Crippen molar-refractivity contribution in [3.63, 3.8) is 0 Å². The van der Waals surface area contributed by atoms with Gasteiger partial charge in [0.05, 0.1) is 0 Å². The van der Waals surface area contributed by atoms with E-state index in [1.165, 1.54) is 5.56 Å². The number of piperazine rings is 1. The Hall–Kier alpha value is -3.85. The number of amides is 1. The van der Waals surface area contributed by atoms with Gasteiger partial charge >= 0.3 is 0 Å². The molecule has 0 saturated carbocycles. The molecule has 2 aromatic carbocycles. The average molecular weight is 462 g/mol. The summed E-state index contributed by atoms with van der Waals surface area (Å²) in [7, 11) is 2.13. The van der Waals surface area contributed by atoms with Crippen LogP contribution in [0.15, 0.2) is 42.5 Å². The van der Waals surface area contributed by atoms with Crippen LogP contribution in [0.5, 0.6) is 11.6 Å². The summed E-state index contributed by atoms with van der Waals surface area (Å²) in [5.41, 5.74) is 15.8. The number of hydrogen-bond donors (Lipinski definition) is 3. The van der Waals surface area contributed by atoms with E-state index < -0.39 is 5.91 Å². The standard InChI is InChI=1S/C25H31N7O2/c1-4-20-25(34-19-7-5-6-17(26)14-19)30-24(22(29-20)23(27)33)28-18-9-8-16(2)21(15-18)32-12-10-31(3)11-13-32/h5-9,14-15H,4,10-13,26H2,1-3H3,(H2,27,33)(H,28,30). The summed E-state index contributed by atoms with van der Waals surface area (Å²) in [6.07, 6.45) is 0.517. The Kier molecular flexibility index (Phi) is 6.83. The van der Waals surface area contributed by atoms with Crippen molar-refractivity contribution < 1.29 is 9.53 Å². The van der Waals surface area contributed by atoms with Gasteiger partial charge in [-0.05, 0) is 50.2 Å². The van der Waals surface area contributed by atoms with E-state index in [9.17, 15) is 4.79 Å². The molecule has 0 bridgehead atoms. The number of carbonyl (C=O) groups excluding carboxylic acids is 1. The number of benzene rings is 2. The number of nitrogens with zero attached hydrogens (tertiary/aromatic N) is 4. The van der Waals surface area contributed by atoms with Crippen LogP contribution in [0.25, 0.3) is 0 Å². The zero-order valence-electron chi connectivity index (χ0n) is 19.8. The van der Waals surface area contributed by atoms with E-state index in [0.717, 1.165) is 37.6 Å². The lowest BCUT2D eigenvalue weighted by Gasteiger charge is -2.35. The van der Waals surface area contributed by atoms with Crippen LogP contribution in [0.1, 0.15) is 28.7 Å². The number of rotatable bonds is 7. The Morgan fingerprint density at radius 3 is 2.56 bits per heavy atom. The first-order chi connectivity index (χ1) is 16.3. The van der Waals surface area contributed by atoms with Crippen molar-refractivity contribution in [1.29, 1.82) is 0 Å². The Morgan fingerprint density at radius 2 is 1.88 bits per heavy atom. The van der Waals surface area contributed by atoms with Gasteiger partial charge in [0, 0.05) is 49.3 Å². The van der Waals surface area contributed by atoms with Gasteiger partial charge in [-0.2, -0.15) is 4.98 Å². The molecule has 34 heavy (non-hydrogen) atoms. The molecule has 0 atom stereocenters. The SMILES string of the molecule is CCc1nc(C(N)=O)c(Nc2ccc(C)c(N3CCN(C)CC3)c2)nc1Oc1cccc(N)c1. The van der Waals surface area contributed by atoms with Crippen molar-refractivity contribution in [2.75, 3.05) is 49.2 Å². The van der Waals surface area contributed by atoms with Gasteiger partial charge < -0.3 is 31.3 Å². The molecule has 2 heterocycles. The smallest absolute Gasteiger partial charge is 0.271 e. The number of hydrogen-bond acceptors (Lipinski definition) is 8. The van der Waals surface area contributed by atoms with Crippen LogP contribution in [0, 0.1) is 6.92 Å². The maximum absolute atomic E-state index is 12.2. The molecule has 0 spiro atoms. The predicted octanol–water partition coefficient (Wildman–Crippen LogP) is 3.32. The number of carbonyl (C=O) groups is 1. The summed E-state index contributed by atoms with van der Waals surface area (Å²) in [6, 6.07) is 13.1. The van der Waals surface area contributed by atoms with Crippen LogP contribution in [-0.4, -0.2) is 54.0 Å². The van der Waals surface area contributed by atoms with Gasteiger partial charge in [0.1, 0.15) is 11.4 Å². The number of nitrogens with two attached hydrogens (primary N) is 2. The van der Waals surface area contributed by atoms with Gasteiger partial charge in [-0.25, -0.2) is 4.98 Å².